The van der Waals surface area contributed by atoms with Crippen molar-refractivity contribution in [1.82, 2.24) is 4.72 Å². The van der Waals surface area contributed by atoms with Gasteiger partial charge >= 0.3 is 0 Å². The molecule has 2 aromatic carbocycles. The number of hydrogen-bond donors (Lipinski definition) is 1. The number of methoxy groups -OCH3 is 1. The lowest BCUT2D eigenvalue weighted by Crippen LogP contribution is -2.34. The zero-order valence-electron chi connectivity index (χ0n) is 14.1. The Hall–Kier alpha value is -1.76. The molecule has 0 spiro atoms. The lowest BCUT2D eigenvalue weighted by Gasteiger charge is -2.16. The van der Waals surface area contributed by atoms with Crippen LogP contribution in [0.5, 0.6) is 11.5 Å². The number of ether oxygens (including phenoxy) is 2. The third-order valence-corrected chi connectivity index (χ3v) is 5.91. The van der Waals surface area contributed by atoms with Crippen molar-refractivity contribution in [2.24, 2.45) is 0 Å². The largest absolute Gasteiger partial charge is 0.495 e. The van der Waals surface area contributed by atoms with Crippen LogP contribution in [-0.4, -0.2) is 28.2 Å². The lowest BCUT2D eigenvalue weighted by molar-refractivity contribution is 0.357. The number of sulfonamides is 1. The van der Waals surface area contributed by atoms with Crippen LogP contribution < -0.4 is 14.2 Å². The Morgan fingerprint density at radius 1 is 1.28 bits per heavy atom. The van der Waals surface area contributed by atoms with Gasteiger partial charge in [-0.05, 0) is 48.7 Å². The van der Waals surface area contributed by atoms with Crippen molar-refractivity contribution in [2.75, 3.05) is 13.7 Å². The minimum atomic E-state index is -3.74. The van der Waals surface area contributed by atoms with E-state index >= 15 is 0 Å². The molecular weight excluding hydrogens is 362 g/mol. The van der Waals surface area contributed by atoms with Crippen LogP contribution in [-0.2, 0) is 22.9 Å². The first-order chi connectivity index (χ1) is 11.9. The Balaban J connectivity index is 1.75. The van der Waals surface area contributed by atoms with E-state index in [4.69, 9.17) is 21.1 Å². The molecule has 0 radical (unpaired) electrons. The summed E-state index contributed by atoms with van der Waals surface area (Å²) in [6.07, 6.45) is 1.47. The highest BCUT2D eigenvalue weighted by Gasteiger charge is 2.23. The summed E-state index contributed by atoms with van der Waals surface area (Å²) in [6.45, 7) is 2.54. The molecule has 0 fully saturated rings. The normalized spacial score (nSPS) is 14.7. The summed E-state index contributed by atoms with van der Waals surface area (Å²) in [4.78, 5) is 0.0386. The first-order valence-electron chi connectivity index (χ1n) is 7.99. The summed E-state index contributed by atoms with van der Waals surface area (Å²) < 4.78 is 38.7. The summed E-state index contributed by atoms with van der Waals surface area (Å²) in [6, 6.07) is 10.2. The summed E-state index contributed by atoms with van der Waals surface area (Å²) in [5.74, 6) is 1.18. The molecule has 2 aromatic rings. The van der Waals surface area contributed by atoms with Crippen LogP contribution in [0.4, 0.5) is 0 Å². The molecule has 1 atom stereocenters. The van der Waals surface area contributed by atoms with Crippen molar-refractivity contribution in [3.63, 3.8) is 0 Å². The van der Waals surface area contributed by atoms with E-state index in [9.17, 15) is 8.42 Å². The number of nitrogens with one attached hydrogen (secondary N) is 1. The van der Waals surface area contributed by atoms with Gasteiger partial charge in [0.25, 0.3) is 0 Å². The van der Waals surface area contributed by atoms with Crippen molar-refractivity contribution < 1.29 is 17.9 Å². The van der Waals surface area contributed by atoms with Gasteiger partial charge in [-0.25, -0.2) is 13.1 Å². The van der Waals surface area contributed by atoms with Crippen LogP contribution in [0.1, 0.15) is 18.1 Å². The van der Waals surface area contributed by atoms with E-state index in [1.807, 2.05) is 19.1 Å². The van der Waals surface area contributed by atoms with Crippen LogP contribution in [0, 0.1) is 0 Å². The van der Waals surface area contributed by atoms with E-state index in [-0.39, 0.29) is 16.7 Å². The van der Waals surface area contributed by atoms with Gasteiger partial charge in [-0.3, -0.25) is 0 Å². The molecule has 1 heterocycles. The topological polar surface area (TPSA) is 64.6 Å². The number of fused-ring (bicyclic) bond motifs is 1. The third kappa shape index (κ3) is 4.08. The van der Waals surface area contributed by atoms with Gasteiger partial charge in [-0.1, -0.05) is 23.7 Å². The molecule has 1 aliphatic rings. The van der Waals surface area contributed by atoms with E-state index in [0.717, 1.165) is 17.7 Å². The second-order valence-electron chi connectivity index (χ2n) is 6.06. The lowest BCUT2D eigenvalue weighted by atomic mass is 10.0. The maximum Gasteiger partial charge on any atom is 0.244 e. The number of halogens is 1. The third-order valence-electron chi connectivity index (χ3n) is 4.07. The smallest absolute Gasteiger partial charge is 0.244 e. The van der Waals surface area contributed by atoms with Crippen molar-refractivity contribution >= 4 is 21.6 Å². The minimum Gasteiger partial charge on any atom is -0.495 e. The predicted octanol–water partition coefficient (Wildman–Crippen LogP) is 3.19. The van der Waals surface area contributed by atoms with E-state index < -0.39 is 10.0 Å². The molecule has 1 aliphatic heterocycles. The molecule has 0 bridgehead atoms. The van der Waals surface area contributed by atoms with Crippen molar-refractivity contribution in [3.8, 4) is 11.5 Å². The summed E-state index contributed by atoms with van der Waals surface area (Å²) >= 11 is 5.94. The van der Waals surface area contributed by atoms with E-state index in [0.29, 0.717) is 18.1 Å². The molecule has 0 unspecified atom stereocenters. The number of rotatable bonds is 6. The van der Waals surface area contributed by atoms with E-state index in [1.54, 1.807) is 12.1 Å². The maximum atomic E-state index is 12.7. The van der Waals surface area contributed by atoms with Crippen molar-refractivity contribution in [3.05, 3.63) is 52.5 Å². The Morgan fingerprint density at radius 3 is 2.84 bits per heavy atom. The van der Waals surface area contributed by atoms with Gasteiger partial charge in [-0.2, -0.15) is 0 Å². The van der Waals surface area contributed by atoms with Crippen molar-refractivity contribution in [1.29, 1.82) is 0 Å². The Labute approximate surface area is 153 Å². The molecule has 1 N–H and O–H groups in total. The standard InChI is InChI=1S/C18H20ClNO4S/c1-12(9-13-3-5-16-14(10-13)7-8-24-16)20-25(21,22)18-11-15(19)4-6-17(18)23-2/h3-6,10-12,20H,7-9H2,1-2H3/t12-/m1/s1. The molecule has 5 nitrogen and oxygen atoms in total. The fraction of sp³-hybridized carbons (Fsp3) is 0.333. The van der Waals surface area contributed by atoms with Crippen molar-refractivity contribution in [2.45, 2.75) is 30.7 Å². The molecule has 134 valence electrons. The molecule has 0 aromatic heterocycles. The first-order valence-corrected chi connectivity index (χ1v) is 9.85. The summed E-state index contributed by atoms with van der Waals surface area (Å²) in [7, 11) is -2.31. The molecule has 25 heavy (non-hydrogen) atoms. The fourth-order valence-electron chi connectivity index (χ4n) is 2.95. The molecule has 0 aliphatic carbocycles. The van der Waals surface area contributed by atoms with Gasteiger partial charge in [0.2, 0.25) is 10.0 Å². The van der Waals surface area contributed by atoms with Crippen LogP contribution in [0.2, 0.25) is 5.02 Å². The zero-order valence-corrected chi connectivity index (χ0v) is 15.7. The quantitative estimate of drug-likeness (QED) is 0.834. The molecule has 3 rings (SSSR count). The molecule has 7 heteroatoms. The fourth-order valence-corrected chi connectivity index (χ4v) is 4.63. The summed E-state index contributed by atoms with van der Waals surface area (Å²) in [5.41, 5.74) is 2.24. The highest BCUT2D eigenvalue weighted by molar-refractivity contribution is 7.89. The number of hydrogen-bond acceptors (Lipinski definition) is 4. The van der Waals surface area contributed by atoms with E-state index in [1.165, 1.54) is 18.7 Å². The molecule has 0 saturated carbocycles. The van der Waals surface area contributed by atoms with Crippen LogP contribution in [0.25, 0.3) is 0 Å². The predicted molar refractivity (Wildman–Crippen MR) is 97.1 cm³/mol. The second-order valence-corrected chi connectivity index (χ2v) is 8.18. The zero-order chi connectivity index (χ0) is 18.0. The minimum absolute atomic E-state index is 0.0386. The molecule has 0 saturated heterocycles. The highest BCUT2D eigenvalue weighted by atomic mass is 35.5. The van der Waals surface area contributed by atoms with Crippen LogP contribution >= 0.6 is 11.6 Å². The highest BCUT2D eigenvalue weighted by Crippen LogP contribution is 2.28. The molecule has 0 amide bonds. The Morgan fingerprint density at radius 2 is 2.08 bits per heavy atom. The average Bonchev–Trinajstić information content (AvgIpc) is 3.02. The second kappa shape index (κ2) is 7.23. The Bertz CT molecular complexity index is 883. The number of benzene rings is 2. The monoisotopic (exact) mass is 381 g/mol. The van der Waals surface area contributed by atoms with Gasteiger partial charge in [0, 0.05) is 17.5 Å². The molecular formula is C18H20ClNO4S. The van der Waals surface area contributed by atoms with Gasteiger partial charge in [-0.15, -0.1) is 0 Å². The SMILES string of the molecule is COc1ccc(Cl)cc1S(=O)(=O)N[C@H](C)Cc1ccc2c(c1)CCO2. The first kappa shape index (κ1) is 18.0. The van der Waals surface area contributed by atoms with Gasteiger partial charge in [0.15, 0.2) is 0 Å². The maximum absolute atomic E-state index is 12.7. The Kier molecular flexibility index (Phi) is 5.22. The van der Waals surface area contributed by atoms with Crippen LogP contribution in [0.15, 0.2) is 41.3 Å². The van der Waals surface area contributed by atoms with Gasteiger partial charge in [0.05, 0.1) is 13.7 Å². The van der Waals surface area contributed by atoms with E-state index in [2.05, 4.69) is 10.8 Å². The van der Waals surface area contributed by atoms with Gasteiger partial charge in [0.1, 0.15) is 16.4 Å². The van der Waals surface area contributed by atoms with Gasteiger partial charge < -0.3 is 9.47 Å². The van der Waals surface area contributed by atoms with Crippen LogP contribution in [0.3, 0.4) is 0 Å². The summed E-state index contributed by atoms with van der Waals surface area (Å²) in [5, 5.41) is 0.340. The average molecular weight is 382 g/mol.